The highest BCUT2D eigenvalue weighted by atomic mass is 127. The van der Waals surface area contributed by atoms with E-state index in [-0.39, 0.29) is 11.5 Å². The van der Waals surface area contributed by atoms with Crippen molar-refractivity contribution in [1.29, 1.82) is 0 Å². The summed E-state index contributed by atoms with van der Waals surface area (Å²) in [5.74, 6) is -0.721. The van der Waals surface area contributed by atoms with Gasteiger partial charge in [-0.15, -0.1) is 0 Å². The van der Waals surface area contributed by atoms with Gasteiger partial charge in [0.1, 0.15) is 5.82 Å². The van der Waals surface area contributed by atoms with Crippen molar-refractivity contribution in [2.24, 2.45) is 0 Å². The van der Waals surface area contributed by atoms with E-state index in [9.17, 15) is 9.18 Å². The van der Waals surface area contributed by atoms with Crippen LogP contribution in [0.1, 0.15) is 15.9 Å². The second-order valence-electron chi connectivity index (χ2n) is 5.97. The molecular weight excluding hydrogens is 442 g/mol. The molecule has 3 aromatic rings. The SMILES string of the molecule is Cc1cc(I)ccc1Nc1ccc(F)cc1C(=O)N(C)c1ccccc1. The Kier molecular flexibility index (Phi) is 5.56. The maximum Gasteiger partial charge on any atom is 0.260 e. The smallest absolute Gasteiger partial charge is 0.260 e. The second kappa shape index (κ2) is 7.86. The Morgan fingerprint density at radius 3 is 2.38 bits per heavy atom. The van der Waals surface area contributed by atoms with Crippen LogP contribution in [0.5, 0.6) is 0 Å². The van der Waals surface area contributed by atoms with E-state index in [2.05, 4.69) is 27.9 Å². The van der Waals surface area contributed by atoms with Crippen molar-refractivity contribution in [2.75, 3.05) is 17.3 Å². The van der Waals surface area contributed by atoms with Gasteiger partial charge in [0.05, 0.1) is 11.3 Å². The number of benzene rings is 3. The molecule has 0 spiro atoms. The lowest BCUT2D eigenvalue weighted by Crippen LogP contribution is -2.27. The van der Waals surface area contributed by atoms with E-state index in [1.165, 1.54) is 17.0 Å². The van der Waals surface area contributed by atoms with Crippen molar-refractivity contribution in [3.05, 3.63) is 87.2 Å². The second-order valence-corrected chi connectivity index (χ2v) is 7.22. The zero-order valence-corrected chi connectivity index (χ0v) is 16.6. The van der Waals surface area contributed by atoms with E-state index >= 15 is 0 Å². The molecule has 0 aliphatic heterocycles. The molecule has 0 atom stereocenters. The minimum Gasteiger partial charge on any atom is -0.355 e. The average molecular weight is 460 g/mol. The highest BCUT2D eigenvalue weighted by Gasteiger charge is 2.18. The summed E-state index contributed by atoms with van der Waals surface area (Å²) in [6, 6.07) is 19.5. The highest BCUT2D eigenvalue weighted by Crippen LogP contribution is 2.27. The average Bonchev–Trinajstić information content (AvgIpc) is 2.64. The number of carbonyl (C=O) groups is 1. The summed E-state index contributed by atoms with van der Waals surface area (Å²) in [5, 5.41) is 3.26. The predicted octanol–water partition coefficient (Wildman–Crippen LogP) is 5.76. The third-order valence-electron chi connectivity index (χ3n) is 4.12. The number of nitrogens with zero attached hydrogens (tertiary/aromatic N) is 1. The first-order valence-corrected chi connectivity index (χ1v) is 9.19. The third kappa shape index (κ3) is 4.04. The normalized spacial score (nSPS) is 10.5. The van der Waals surface area contributed by atoms with E-state index in [1.54, 1.807) is 13.1 Å². The van der Waals surface area contributed by atoms with Gasteiger partial charge in [-0.05, 0) is 83.6 Å². The lowest BCUT2D eigenvalue weighted by atomic mass is 10.1. The van der Waals surface area contributed by atoms with Crippen LogP contribution >= 0.6 is 22.6 Å². The van der Waals surface area contributed by atoms with Gasteiger partial charge in [-0.3, -0.25) is 4.79 Å². The van der Waals surface area contributed by atoms with Gasteiger partial charge < -0.3 is 10.2 Å². The molecule has 26 heavy (non-hydrogen) atoms. The topological polar surface area (TPSA) is 32.3 Å². The van der Waals surface area contributed by atoms with Gasteiger partial charge in [-0.1, -0.05) is 18.2 Å². The van der Waals surface area contributed by atoms with Crippen LogP contribution in [0.15, 0.2) is 66.7 Å². The molecule has 0 bridgehead atoms. The number of para-hydroxylation sites is 1. The lowest BCUT2D eigenvalue weighted by molar-refractivity contribution is 0.0993. The lowest BCUT2D eigenvalue weighted by Gasteiger charge is -2.20. The largest absolute Gasteiger partial charge is 0.355 e. The van der Waals surface area contributed by atoms with E-state index in [4.69, 9.17) is 0 Å². The summed E-state index contributed by atoms with van der Waals surface area (Å²) in [4.78, 5) is 14.5. The molecule has 5 heteroatoms. The Labute approximate surface area is 166 Å². The zero-order valence-electron chi connectivity index (χ0n) is 14.5. The maximum atomic E-state index is 13.8. The molecule has 0 radical (unpaired) electrons. The van der Waals surface area contributed by atoms with Crippen molar-refractivity contribution in [3.63, 3.8) is 0 Å². The number of hydrogen-bond donors (Lipinski definition) is 1. The van der Waals surface area contributed by atoms with Crippen LogP contribution in [-0.2, 0) is 0 Å². The molecule has 0 saturated heterocycles. The van der Waals surface area contributed by atoms with Crippen molar-refractivity contribution >= 4 is 45.6 Å². The van der Waals surface area contributed by atoms with Crippen molar-refractivity contribution in [3.8, 4) is 0 Å². The zero-order chi connectivity index (χ0) is 18.7. The fourth-order valence-corrected chi connectivity index (χ4v) is 3.31. The Hall–Kier alpha value is -2.41. The van der Waals surface area contributed by atoms with Gasteiger partial charge in [0, 0.05) is 22.0 Å². The molecule has 0 fully saturated rings. The number of hydrogen-bond acceptors (Lipinski definition) is 2. The first kappa shape index (κ1) is 18.4. The molecule has 0 heterocycles. The van der Waals surface area contributed by atoms with Crippen LogP contribution < -0.4 is 10.2 Å². The van der Waals surface area contributed by atoms with Gasteiger partial charge in [-0.2, -0.15) is 0 Å². The number of halogens is 2. The molecule has 0 aromatic heterocycles. The van der Waals surface area contributed by atoms with Crippen LogP contribution in [0.3, 0.4) is 0 Å². The molecule has 0 aliphatic rings. The minimum absolute atomic E-state index is 0.277. The van der Waals surface area contributed by atoms with Crippen LogP contribution in [-0.4, -0.2) is 13.0 Å². The Morgan fingerprint density at radius 1 is 1.00 bits per heavy atom. The summed E-state index contributed by atoms with van der Waals surface area (Å²) in [6.45, 7) is 1.99. The van der Waals surface area contributed by atoms with E-state index < -0.39 is 5.82 Å². The number of anilines is 3. The summed E-state index contributed by atoms with van der Waals surface area (Å²) in [6.07, 6.45) is 0. The monoisotopic (exact) mass is 460 g/mol. The van der Waals surface area contributed by atoms with Crippen molar-refractivity contribution in [1.82, 2.24) is 0 Å². The van der Waals surface area contributed by atoms with Crippen LogP contribution in [0.4, 0.5) is 21.5 Å². The summed E-state index contributed by atoms with van der Waals surface area (Å²) in [5.41, 5.74) is 3.54. The molecule has 0 aliphatic carbocycles. The molecule has 3 rings (SSSR count). The van der Waals surface area contributed by atoms with E-state index in [0.29, 0.717) is 5.69 Å². The predicted molar refractivity (Wildman–Crippen MR) is 113 cm³/mol. The summed E-state index contributed by atoms with van der Waals surface area (Å²) in [7, 11) is 1.68. The maximum absolute atomic E-state index is 13.8. The van der Waals surface area contributed by atoms with Gasteiger partial charge in [0.15, 0.2) is 0 Å². The molecular formula is C21H18FIN2O. The standard InChI is InChI=1S/C21H18FIN2O/c1-14-12-16(23)9-11-19(14)24-20-10-8-15(22)13-18(20)21(26)25(2)17-6-4-3-5-7-17/h3-13,24H,1-2H3. The first-order valence-electron chi connectivity index (χ1n) is 8.11. The van der Waals surface area contributed by atoms with Crippen molar-refractivity contribution < 1.29 is 9.18 Å². The summed E-state index contributed by atoms with van der Waals surface area (Å²) >= 11 is 2.25. The molecule has 3 aromatic carbocycles. The molecule has 3 nitrogen and oxygen atoms in total. The van der Waals surface area contributed by atoms with Crippen LogP contribution in [0, 0.1) is 16.3 Å². The Balaban J connectivity index is 1.96. The van der Waals surface area contributed by atoms with Crippen LogP contribution in [0.2, 0.25) is 0 Å². The highest BCUT2D eigenvalue weighted by molar-refractivity contribution is 14.1. The third-order valence-corrected chi connectivity index (χ3v) is 4.79. The molecule has 132 valence electrons. The first-order chi connectivity index (χ1) is 12.5. The Bertz CT molecular complexity index is 944. The Morgan fingerprint density at radius 2 is 1.69 bits per heavy atom. The quantitative estimate of drug-likeness (QED) is 0.503. The number of aryl methyl sites for hydroxylation is 1. The molecule has 1 amide bonds. The minimum atomic E-state index is -0.445. The van der Waals surface area contributed by atoms with Crippen LogP contribution in [0.25, 0.3) is 0 Å². The van der Waals surface area contributed by atoms with Gasteiger partial charge in [-0.25, -0.2) is 4.39 Å². The molecule has 1 N–H and O–H groups in total. The van der Waals surface area contributed by atoms with E-state index in [1.807, 2.05) is 55.5 Å². The van der Waals surface area contributed by atoms with E-state index in [0.717, 1.165) is 20.5 Å². The fraction of sp³-hybridized carbons (Fsp3) is 0.0952. The number of amides is 1. The van der Waals surface area contributed by atoms with Gasteiger partial charge in [0.2, 0.25) is 0 Å². The number of carbonyl (C=O) groups excluding carboxylic acids is 1. The number of nitrogens with one attached hydrogen (secondary N) is 1. The van der Waals surface area contributed by atoms with Gasteiger partial charge >= 0.3 is 0 Å². The van der Waals surface area contributed by atoms with Crippen molar-refractivity contribution in [2.45, 2.75) is 6.92 Å². The molecule has 0 saturated carbocycles. The van der Waals surface area contributed by atoms with Gasteiger partial charge in [0.25, 0.3) is 5.91 Å². The fourth-order valence-electron chi connectivity index (χ4n) is 2.66. The molecule has 0 unspecified atom stereocenters. The summed E-state index contributed by atoms with van der Waals surface area (Å²) < 4.78 is 15.0. The number of rotatable bonds is 4.